The number of carbonyl (C=O) groups excluding carboxylic acids is 1. The topological polar surface area (TPSA) is 32.3 Å². The largest absolute Gasteiger partial charge is 0.323 e. The molecule has 0 aromatic carbocycles. The fourth-order valence-electron chi connectivity index (χ4n) is 3.36. The van der Waals surface area contributed by atoms with Crippen molar-refractivity contribution in [3.05, 3.63) is 0 Å². The number of carbonyl (C=O) groups is 1. The first-order valence-corrected chi connectivity index (χ1v) is 6.89. The van der Waals surface area contributed by atoms with Gasteiger partial charge in [-0.2, -0.15) is 0 Å². The van der Waals surface area contributed by atoms with Gasteiger partial charge in [-0.1, -0.05) is 19.8 Å². The second-order valence-corrected chi connectivity index (χ2v) is 5.59. The molecule has 3 rings (SSSR count). The second-order valence-electron chi connectivity index (χ2n) is 5.59. The van der Waals surface area contributed by atoms with Gasteiger partial charge >= 0.3 is 0 Å². The molecule has 16 heavy (non-hydrogen) atoms. The normalized spacial score (nSPS) is 36.3. The summed E-state index contributed by atoms with van der Waals surface area (Å²) < 4.78 is 0. The van der Waals surface area contributed by atoms with Crippen LogP contribution in [0.3, 0.4) is 0 Å². The maximum absolute atomic E-state index is 12.2. The molecule has 0 bridgehead atoms. The molecule has 3 nitrogen and oxygen atoms in total. The molecule has 1 aliphatic heterocycles. The molecule has 1 saturated heterocycles. The van der Waals surface area contributed by atoms with Crippen molar-refractivity contribution in [3.8, 4) is 0 Å². The molecule has 3 heteroatoms. The average molecular weight is 222 g/mol. The van der Waals surface area contributed by atoms with Crippen LogP contribution in [0.2, 0.25) is 0 Å². The van der Waals surface area contributed by atoms with Crippen LogP contribution < -0.4 is 5.32 Å². The van der Waals surface area contributed by atoms with E-state index >= 15 is 0 Å². The van der Waals surface area contributed by atoms with Crippen LogP contribution in [-0.4, -0.2) is 29.1 Å². The number of nitrogens with zero attached hydrogens (tertiary/aromatic N) is 1. The fourth-order valence-corrected chi connectivity index (χ4v) is 3.36. The van der Waals surface area contributed by atoms with E-state index in [1.807, 2.05) is 0 Å². The lowest BCUT2D eigenvalue weighted by atomic mass is 10.0. The van der Waals surface area contributed by atoms with E-state index < -0.39 is 0 Å². The number of rotatable bonds is 3. The summed E-state index contributed by atoms with van der Waals surface area (Å²) >= 11 is 0. The summed E-state index contributed by atoms with van der Waals surface area (Å²) in [6, 6.07) is 0.674. The Morgan fingerprint density at radius 3 is 2.50 bits per heavy atom. The Morgan fingerprint density at radius 1 is 1.25 bits per heavy atom. The van der Waals surface area contributed by atoms with Gasteiger partial charge in [-0.3, -0.25) is 10.1 Å². The SMILES string of the molecule is CCC1NC(C2CCCC2)N(C2CC2)C1=O. The highest BCUT2D eigenvalue weighted by molar-refractivity contribution is 5.85. The average Bonchev–Trinajstić information content (AvgIpc) is 2.87. The maximum Gasteiger partial charge on any atom is 0.241 e. The van der Waals surface area contributed by atoms with Crippen LogP contribution in [0.4, 0.5) is 0 Å². The Bertz CT molecular complexity index is 282. The van der Waals surface area contributed by atoms with E-state index in [9.17, 15) is 4.79 Å². The molecule has 3 aliphatic rings. The number of hydrogen-bond acceptors (Lipinski definition) is 2. The van der Waals surface area contributed by atoms with Crippen LogP contribution in [0.5, 0.6) is 0 Å². The highest BCUT2D eigenvalue weighted by atomic mass is 16.2. The van der Waals surface area contributed by atoms with Crippen LogP contribution in [0.25, 0.3) is 0 Å². The molecule has 0 radical (unpaired) electrons. The fraction of sp³-hybridized carbons (Fsp3) is 0.923. The first-order valence-electron chi connectivity index (χ1n) is 6.89. The predicted molar refractivity (Wildman–Crippen MR) is 62.8 cm³/mol. The van der Waals surface area contributed by atoms with Gasteiger partial charge in [0.15, 0.2) is 0 Å². The van der Waals surface area contributed by atoms with Gasteiger partial charge in [0.2, 0.25) is 5.91 Å². The minimum atomic E-state index is 0.103. The summed E-state index contributed by atoms with van der Waals surface area (Å²) in [5, 5.41) is 3.58. The number of amides is 1. The van der Waals surface area contributed by atoms with Gasteiger partial charge in [-0.15, -0.1) is 0 Å². The zero-order chi connectivity index (χ0) is 11.1. The molecule has 3 fully saturated rings. The van der Waals surface area contributed by atoms with E-state index in [0.29, 0.717) is 18.1 Å². The van der Waals surface area contributed by atoms with Gasteiger partial charge in [-0.25, -0.2) is 0 Å². The van der Waals surface area contributed by atoms with Crippen molar-refractivity contribution in [1.82, 2.24) is 10.2 Å². The van der Waals surface area contributed by atoms with Gasteiger partial charge in [0.1, 0.15) is 0 Å². The molecular weight excluding hydrogens is 200 g/mol. The molecule has 2 aliphatic carbocycles. The number of hydrogen-bond donors (Lipinski definition) is 1. The summed E-state index contributed by atoms with van der Waals surface area (Å²) in [4.78, 5) is 14.4. The van der Waals surface area contributed by atoms with Crippen molar-refractivity contribution >= 4 is 5.91 Å². The molecule has 0 aromatic heterocycles. The zero-order valence-electron chi connectivity index (χ0n) is 10.1. The minimum Gasteiger partial charge on any atom is -0.323 e. The molecule has 2 atom stereocenters. The molecule has 1 N–H and O–H groups in total. The highest BCUT2D eigenvalue weighted by Crippen LogP contribution is 2.38. The van der Waals surface area contributed by atoms with Gasteiger partial charge < -0.3 is 4.90 Å². The molecule has 2 unspecified atom stereocenters. The van der Waals surface area contributed by atoms with E-state index in [4.69, 9.17) is 0 Å². The van der Waals surface area contributed by atoms with E-state index in [0.717, 1.165) is 12.3 Å². The first kappa shape index (κ1) is 10.6. The predicted octanol–water partition coefficient (Wildman–Crippen LogP) is 1.88. The molecule has 1 amide bonds. The quantitative estimate of drug-likeness (QED) is 0.790. The third kappa shape index (κ3) is 1.65. The molecule has 2 saturated carbocycles. The van der Waals surface area contributed by atoms with Crippen molar-refractivity contribution in [1.29, 1.82) is 0 Å². The summed E-state index contributed by atoms with van der Waals surface area (Å²) in [6.07, 6.45) is 9.09. The van der Waals surface area contributed by atoms with Crippen molar-refractivity contribution in [2.75, 3.05) is 0 Å². The second kappa shape index (κ2) is 4.02. The summed E-state index contributed by atoms with van der Waals surface area (Å²) in [5.74, 6) is 1.10. The maximum atomic E-state index is 12.2. The Kier molecular flexibility index (Phi) is 2.66. The van der Waals surface area contributed by atoms with Crippen molar-refractivity contribution in [2.24, 2.45) is 5.92 Å². The van der Waals surface area contributed by atoms with Crippen LogP contribution in [-0.2, 0) is 4.79 Å². The van der Waals surface area contributed by atoms with Crippen molar-refractivity contribution < 1.29 is 4.79 Å². The molecule has 90 valence electrons. The minimum absolute atomic E-state index is 0.103. The Labute approximate surface area is 97.6 Å². The van der Waals surface area contributed by atoms with E-state index in [1.165, 1.54) is 38.5 Å². The highest BCUT2D eigenvalue weighted by Gasteiger charge is 2.48. The van der Waals surface area contributed by atoms with Gasteiger partial charge in [0.05, 0.1) is 12.2 Å². The summed E-state index contributed by atoms with van der Waals surface area (Å²) in [6.45, 7) is 2.11. The van der Waals surface area contributed by atoms with Crippen LogP contribution in [0.15, 0.2) is 0 Å². The number of nitrogens with one attached hydrogen (secondary N) is 1. The van der Waals surface area contributed by atoms with Gasteiger partial charge in [-0.05, 0) is 38.0 Å². The monoisotopic (exact) mass is 222 g/mol. The van der Waals surface area contributed by atoms with Crippen LogP contribution in [0, 0.1) is 5.92 Å². The molecule has 1 heterocycles. The Balaban J connectivity index is 1.77. The van der Waals surface area contributed by atoms with E-state index in [-0.39, 0.29) is 6.04 Å². The molecule has 0 spiro atoms. The smallest absolute Gasteiger partial charge is 0.241 e. The standard InChI is InChI=1S/C13H22N2O/c1-2-11-13(16)15(10-7-8-10)12(14-11)9-5-3-4-6-9/h9-12,14H,2-8H2,1H3. The van der Waals surface area contributed by atoms with Crippen LogP contribution >= 0.6 is 0 Å². The zero-order valence-corrected chi connectivity index (χ0v) is 10.1. The van der Waals surface area contributed by atoms with E-state index in [2.05, 4.69) is 17.1 Å². The van der Waals surface area contributed by atoms with Crippen molar-refractivity contribution in [3.63, 3.8) is 0 Å². The Morgan fingerprint density at radius 2 is 1.94 bits per heavy atom. The summed E-state index contributed by atoms with van der Waals surface area (Å²) in [7, 11) is 0. The first-order chi connectivity index (χ1) is 7.81. The van der Waals surface area contributed by atoms with Gasteiger partial charge in [0.25, 0.3) is 0 Å². The third-order valence-electron chi connectivity index (χ3n) is 4.42. The summed E-state index contributed by atoms with van der Waals surface area (Å²) in [5.41, 5.74) is 0. The van der Waals surface area contributed by atoms with Crippen molar-refractivity contribution in [2.45, 2.75) is 70.1 Å². The third-order valence-corrected chi connectivity index (χ3v) is 4.42. The lowest BCUT2D eigenvalue weighted by molar-refractivity contribution is -0.131. The molecule has 0 aromatic rings. The molecular formula is C13H22N2O. The van der Waals surface area contributed by atoms with E-state index in [1.54, 1.807) is 0 Å². The lowest BCUT2D eigenvalue weighted by Crippen LogP contribution is -2.43. The van der Waals surface area contributed by atoms with Gasteiger partial charge in [0, 0.05) is 6.04 Å². The Hall–Kier alpha value is -0.570. The lowest BCUT2D eigenvalue weighted by Gasteiger charge is -2.28. The van der Waals surface area contributed by atoms with Crippen LogP contribution in [0.1, 0.15) is 51.9 Å².